The molecule has 0 saturated heterocycles. The van der Waals surface area contributed by atoms with E-state index in [2.05, 4.69) is 10.1 Å². The molecule has 0 aliphatic rings. The van der Waals surface area contributed by atoms with Crippen LogP contribution in [-0.2, 0) is 17.9 Å². The van der Waals surface area contributed by atoms with Crippen molar-refractivity contribution >= 4 is 11.7 Å². The summed E-state index contributed by atoms with van der Waals surface area (Å²) in [7, 11) is 1.31. The Kier molecular flexibility index (Phi) is 4.20. The van der Waals surface area contributed by atoms with Crippen molar-refractivity contribution in [1.82, 2.24) is 0 Å². The molecule has 0 radical (unpaired) electrons. The lowest BCUT2D eigenvalue weighted by Gasteiger charge is -2.05. The normalized spacial score (nSPS) is 10.2. The van der Waals surface area contributed by atoms with Crippen LogP contribution in [0.5, 0.6) is 0 Å². The van der Waals surface area contributed by atoms with Crippen molar-refractivity contribution in [2.24, 2.45) is 0 Å². The summed E-state index contributed by atoms with van der Waals surface area (Å²) in [5.41, 5.74) is 1.77. The van der Waals surface area contributed by atoms with Crippen molar-refractivity contribution in [2.75, 3.05) is 12.4 Å². The van der Waals surface area contributed by atoms with E-state index in [-0.39, 0.29) is 12.4 Å². The van der Waals surface area contributed by atoms with E-state index in [0.717, 1.165) is 11.3 Å². The van der Waals surface area contributed by atoms with E-state index in [9.17, 15) is 4.79 Å². The van der Waals surface area contributed by atoms with E-state index in [0.29, 0.717) is 12.3 Å². The van der Waals surface area contributed by atoms with Gasteiger partial charge in [-0.2, -0.15) is 0 Å². The fourth-order valence-electron chi connectivity index (χ4n) is 1.60. The lowest BCUT2D eigenvalue weighted by Crippen LogP contribution is -2.00. The molecule has 5 heteroatoms. The number of anilines is 1. The molecule has 0 spiro atoms. The van der Waals surface area contributed by atoms with Gasteiger partial charge in [0.05, 0.1) is 20.3 Å². The van der Waals surface area contributed by atoms with E-state index < -0.39 is 5.97 Å². The number of benzene rings is 1. The quantitative estimate of drug-likeness (QED) is 0.807. The van der Waals surface area contributed by atoms with Crippen LogP contribution in [0.4, 0.5) is 5.69 Å². The first-order valence-corrected chi connectivity index (χ1v) is 5.83. The molecule has 0 saturated carbocycles. The molecule has 2 N–H and O–H groups in total. The topological polar surface area (TPSA) is 71.7 Å². The van der Waals surface area contributed by atoms with Gasteiger partial charge in [0.15, 0.2) is 0 Å². The van der Waals surface area contributed by atoms with Gasteiger partial charge in [-0.25, -0.2) is 4.79 Å². The SMILES string of the molecule is COC(=O)c1ccc(CNc2ccc(CO)cc2)o1. The van der Waals surface area contributed by atoms with Crippen molar-refractivity contribution in [3.8, 4) is 0 Å². The third kappa shape index (κ3) is 3.35. The van der Waals surface area contributed by atoms with Gasteiger partial charge in [0.2, 0.25) is 5.76 Å². The standard InChI is InChI=1S/C14H15NO4/c1-18-14(17)13-7-6-12(19-13)8-15-11-4-2-10(9-16)3-5-11/h2-7,15-16H,8-9H2,1H3. The second kappa shape index (κ2) is 6.06. The van der Waals surface area contributed by atoms with Crippen LogP contribution in [0.15, 0.2) is 40.8 Å². The average molecular weight is 261 g/mol. The molecule has 100 valence electrons. The van der Waals surface area contributed by atoms with Gasteiger partial charge in [-0.15, -0.1) is 0 Å². The molecule has 0 aliphatic heterocycles. The number of aliphatic hydroxyl groups excluding tert-OH is 1. The van der Waals surface area contributed by atoms with Crippen molar-refractivity contribution in [3.63, 3.8) is 0 Å². The smallest absolute Gasteiger partial charge is 0.373 e. The van der Waals surface area contributed by atoms with E-state index in [1.807, 2.05) is 24.3 Å². The van der Waals surface area contributed by atoms with E-state index in [1.54, 1.807) is 12.1 Å². The average Bonchev–Trinajstić information content (AvgIpc) is 2.93. The minimum atomic E-state index is -0.487. The Morgan fingerprint density at radius 2 is 2.00 bits per heavy atom. The number of aliphatic hydroxyl groups is 1. The number of nitrogens with one attached hydrogen (secondary N) is 1. The Bertz CT molecular complexity index is 545. The first-order chi connectivity index (χ1) is 9.22. The molecule has 1 heterocycles. The molecule has 2 rings (SSSR count). The van der Waals surface area contributed by atoms with Crippen molar-refractivity contribution in [3.05, 3.63) is 53.5 Å². The number of furan rings is 1. The summed E-state index contributed by atoms with van der Waals surface area (Å²) in [5.74, 6) is 0.347. The van der Waals surface area contributed by atoms with E-state index in [1.165, 1.54) is 7.11 Å². The number of methoxy groups -OCH3 is 1. The molecule has 19 heavy (non-hydrogen) atoms. The molecule has 2 aromatic rings. The zero-order valence-electron chi connectivity index (χ0n) is 10.6. The predicted molar refractivity (Wildman–Crippen MR) is 69.7 cm³/mol. The Hall–Kier alpha value is -2.27. The lowest BCUT2D eigenvalue weighted by molar-refractivity contribution is 0.0563. The Morgan fingerprint density at radius 3 is 2.63 bits per heavy atom. The van der Waals surface area contributed by atoms with Crippen LogP contribution < -0.4 is 5.32 Å². The molecule has 0 unspecified atom stereocenters. The van der Waals surface area contributed by atoms with Crippen LogP contribution in [0.25, 0.3) is 0 Å². The molecule has 0 fully saturated rings. The zero-order valence-corrected chi connectivity index (χ0v) is 10.6. The van der Waals surface area contributed by atoms with Crippen LogP contribution in [0, 0.1) is 0 Å². The Balaban J connectivity index is 1.94. The third-order valence-electron chi connectivity index (χ3n) is 2.65. The molecule has 0 amide bonds. The summed E-state index contributed by atoms with van der Waals surface area (Å²) in [6.07, 6.45) is 0. The van der Waals surface area contributed by atoms with Crippen molar-refractivity contribution < 1.29 is 19.1 Å². The van der Waals surface area contributed by atoms with Crippen LogP contribution in [0.1, 0.15) is 21.9 Å². The lowest BCUT2D eigenvalue weighted by atomic mass is 10.2. The first kappa shape index (κ1) is 13.2. The minimum Gasteiger partial charge on any atom is -0.463 e. The molecule has 1 aromatic carbocycles. The molecular formula is C14H15NO4. The number of carbonyl (C=O) groups is 1. The number of hydrogen-bond acceptors (Lipinski definition) is 5. The van der Waals surface area contributed by atoms with Gasteiger partial charge in [-0.05, 0) is 29.8 Å². The Labute approximate surface area is 110 Å². The number of hydrogen-bond donors (Lipinski definition) is 2. The molecule has 5 nitrogen and oxygen atoms in total. The maximum absolute atomic E-state index is 11.2. The van der Waals surface area contributed by atoms with E-state index >= 15 is 0 Å². The van der Waals surface area contributed by atoms with Crippen LogP contribution in [0.3, 0.4) is 0 Å². The second-order valence-corrected chi connectivity index (χ2v) is 3.97. The highest BCUT2D eigenvalue weighted by atomic mass is 16.5. The monoisotopic (exact) mass is 261 g/mol. The van der Waals surface area contributed by atoms with E-state index in [4.69, 9.17) is 9.52 Å². The predicted octanol–water partition coefficient (Wildman–Crippen LogP) is 2.17. The van der Waals surface area contributed by atoms with Gasteiger partial charge in [0.25, 0.3) is 0 Å². The molecule has 0 aliphatic carbocycles. The largest absolute Gasteiger partial charge is 0.463 e. The van der Waals surface area contributed by atoms with Crippen molar-refractivity contribution in [1.29, 1.82) is 0 Å². The van der Waals surface area contributed by atoms with Gasteiger partial charge in [0, 0.05) is 5.69 Å². The zero-order chi connectivity index (χ0) is 13.7. The van der Waals surface area contributed by atoms with Crippen LogP contribution in [-0.4, -0.2) is 18.2 Å². The summed E-state index contributed by atoms with van der Waals surface area (Å²) in [6, 6.07) is 10.7. The summed E-state index contributed by atoms with van der Waals surface area (Å²) >= 11 is 0. The maximum Gasteiger partial charge on any atom is 0.373 e. The Morgan fingerprint density at radius 1 is 1.26 bits per heavy atom. The third-order valence-corrected chi connectivity index (χ3v) is 2.65. The number of ether oxygens (including phenoxy) is 1. The first-order valence-electron chi connectivity index (χ1n) is 5.83. The highest BCUT2D eigenvalue weighted by Gasteiger charge is 2.10. The fraction of sp³-hybridized carbons (Fsp3) is 0.214. The molecule has 0 atom stereocenters. The summed E-state index contributed by atoms with van der Waals surface area (Å²) < 4.78 is 9.89. The fourth-order valence-corrected chi connectivity index (χ4v) is 1.60. The second-order valence-electron chi connectivity index (χ2n) is 3.97. The van der Waals surface area contributed by atoms with Gasteiger partial charge in [-0.3, -0.25) is 0 Å². The van der Waals surface area contributed by atoms with Gasteiger partial charge < -0.3 is 19.6 Å². The van der Waals surface area contributed by atoms with Gasteiger partial charge in [0.1, 0.15) is 5.76 Å². The van der Waals surface area contributed by atoms with Crippen molar-refractivity contribution in [2.45, 2.75) is 13.2 Å². The molecule has 1 aromatic heterocycles. The molecular weight excluding hydrogens is 246 g/mol. The summed E-state index contributed by atoms with van der Waals surface area (Å²) in [4.78, 5) is 11.2. The van der Waals surface area contributed by atoms with Crippen LogP contribution >= 0.6 is 0 Å². The summed E-state index contributed by atoms with van der Waals surface area (Å²) in [6.45, 7) is 0.496. The highest BCUT2D eigenvalue weighted by Crippen LogP contribution is 2.13. The van der Waals surface area contributed by atoms with Gasteiger partial charge in [-0.1, -0.05) is 12.1 Å². The number of esters is 1. The van der Waals surface area contributed by atoms with Gasteiger partial charge >= 0.3 is 5.97 Å². The summed E-state index contributed by atoms with van der Waals surface area (Å²) in [5, 5.41) is 12.1. The molecule has 0 bridgehead atoms. The number of rotatable bonds is 5. The highest BCUT2D eigenvalue weighted by molar-refractivity contribution is 5.86. The van der Waals surface area contributed by atoms with Crippen LogP contribution in [0.2, 0.25) is 0 Å². The maximum atomic E-state index is 11.2. The number of carbonyl (C=O) groups excluding carboxylic acids is 1. The minimum absolute atomic E-state index is 0.0287.